The smallest absolute Gasteiger partial charge is 0.214 e. The summed E-state index contributed by atoms with van der Waals surface area (Å²) in [5, 5.41) is 13.4. The van der Waals surface area contributed by atoms with Gasteiger partial charge in [0.15, 0.2) is 0 Å². The highest BCUT2D eigenvalue weighted by atomic mass is 35.5. The van der Waals surface area contributed by atoms with Gasteiger partial charge in [0, 0.05) is 10.8 Å². The van der Waals surface area contributed by atoms with E-state index in [0.29, 0.717) is 11.6 Å². The molecule has 0 aliphatic rings. The fourth-order valence-corrected chi connectivity index (χ4v) is 3.19. The molecule has 0 atom stereocenters. The van der Waals surface area contributed by atoms with Gasteiger partial charge in [0.1, 0.15) is 5.75 Å². The van der Waals surface area contributed by atoms with Crippen LogP contribution in [0.4, 0.5) is 0 Å². The van der Waals surface area contributed by atoms with Crippen molar-refractivity contribution < 1.29 is 4.74 Å². The average Bonchev–Trinajstić information content (AvgIpc) is 3.00. The van der Waals surface area contributed by atoms with Gasteiger partial charge in [0.05, 0.1) is 12.3 Å². The van der Waals surface area contributed by atoms with E-state index in [1.54, 1.807) is 22.5 Å². The second kappa shape index (κ2) is 7.68. The molecule has 0 aliphatic carbocycles. The van der Waals surface area contributed by atoms with Crippen molar-refractivity contribution >= 4 is 23.4 Å². The van der Waals surface area contributed by atoms with Gasteiger partial charge in [-0.2, -0.15) is 4.68 Å². The third-order valence-electron chi connectivity index (χ3n) is 3.40. The molecular formula is C17H17ClN4OS. The Morgan fingerprint density at radius 3 is 2.83 bits per heavy atom. The number of aryl methyl sites for hydroxylation is 2. The van der Waals surface area contributed by atoms with E-state index < -0.39 is 0 Å². The Balaban J connectivity index is 1.62. The van der Waals surface area contributed by atoms with Crippen LogP contribution in [0.2, 0.25) is 5.02 Å². The van der Waals surface area contributed by atoms with Gasteiger partial charge in [-0.25, -0.2) is 0 Å². The monoisotopic (exact) mass is 360 g/mol. The van der Waals surface area contributed by atoms with Crippen LogP contribution in [0.1, 0.15) is 11.1 Å². The number of rotatable bonds is 6. The van der Waals surface area contributed by atoms with Gasteiger partial charge in [-0.05, 0) is 54.1 Å². The lowest BCUT2D eigenvalue weighted by Crippen LogP contribution is -2.04. The number of ether oxygens (including phenoxy) is 1. The Hall–Kier alpha value is -2.05. The normalized spacial score (nSPS) is 10.8. The van der Waals surface area contributed by atoms with Gasteiger partial charge in [-0.1, -0.05) is 47.1 Å². The fraction of sp³-hybridized carbons (Fsp3) is 0.235. The molecule has 0 radical (unpaired) electrons. The summed E-state index contributed by atoms with van der Waals surface area (Å²) in [7, 11) is 0. The van der Waals surface area contributed by atoms with Crippen LogP contribution in [-0.2, 0) is 0 Å². The maximum Gasteiger partial charge on any atom is 0.214 e. The largest absolute Gasteiger partial charge is 0.493 e. The van der Waals surface area contributed by atoms with E-state index in [1.165, 1.54) is 5.56 Å². The summed E-state index contributed by atoms with van der Waals surface area (Å²) in [4.78, 5) is 0. The molecule has 2 aromatic carbocycles. The number of thioether (sulfide) groups is 1. The van der Waals surface area contributed by atoms with E-state index in [-0.39, 0.29) is 0 Å². The summed E-state index contributed by atoms with van der Waals surface area (Å²) in [6, 6.07) is 13.6. The highest BCUT2D eigenvalue weighted by Crippen LogP contribution is 2.22. The molecule has 0 bridgehead atoms. The quantitative estimate of drug-likeness (QED) is 0.489. The topological polar surface area (TPSA) is 52.8 Å². The standard InChI is InChI=1S/C17H17ClN4OS/c1-12-6-7-16(13(2)10-12)22-17(19-20-21-22)24-9-8-23-15-5-3-4-14(18)11-15/h3-7,10-11H,8-9H2,1-2H3. The first kappa shape index (κ1) is 16.8. The lowest BCUT2D eigenvalue weighted by Gasteiger charge is -2.09. The summed E-state index contributed by atoms with van der Waals surface area (Å²) in [5.41, 5.74) is 3.34. The number of halogens is 1. The highest BCUT2D eigenvalue weighted by molar-refractivity contribution is 7.99. The third-order valence-corrected chi connectivity index (χ3v) is 4.52. The minimum Gasteiger partial charge on any atom is -0.493 e. The second-order valence-corrected chi connectivity index (χ2v) is 6.82. The third kappa shape index (κ3) is 4.07. The first-order valence-corrected chi connectivity index (χ1v) is 8.87. The van der Waals surface area contributed by atoms with Crippen LogP contribution >= 0.6 is 23.4 Å². The van der Waals surface area contributed by atoms with Crippen LogP contribution in [0.3, 0.4) is 0 Å². The molecule has 0 spiro atoms. The number of hydrogen-bond acceptors (Lipinski definition) is 5. The number of hydrogen-bond donors (Lipinski definition) is 0. The molecule has 0 unspecified atom stereocenters. The van der Waals surface area contributed by atoms with Crippen molar-refractivity contribution in [1.82, 2.24) is 20.2 Å². The van der Waals surface area contributed by atoms with Gasteiger partial charge in [0.25, 0.3) is 0 Å². The first-order chi connectivity index (χ1) is 11.6. The lowest BCUT2D eigenvalue weighted by atomic mass is 10.1. The summed E-state index contributed by atoms with van der Waals surface area (Å²) in [6.45, 7) is 4.67. The molecule has 0 aliphatic heterocycles. The Morgan fingerprint density at radius 1 is 1.17 bits per heavy atom. The maximum absolute atomic E-state index is 5.94. The van der Waals surface area contributed by atoms with Crippen molar-refractivity contribution in [3.05, 3.63) is 58.6 Å². The molecule has 0 saturated carbocycles. The van der Waals surface area contributed by atoms with Gasteiger partial charge < -0.3 is 4.74 Å². The first-order valence-electron chi connectivity index (χ1n) is 7.50. The van der Waals surface area contributed by atoms with E-state index >= 15 is 0 Å². The second-order valence-electron chi connectivity index (χ2n) is 5.32. The minimum atomic E-state index is 0.546. The molecule has 7 heteroatoms. The van der Waals surface area contributed by atoms with E-state index in [1.807, 2.05) is 24.3 Å². The van der Waals surface area contributed by atoms with Gasteiger partial charge in [-0.3, -0.25) is 0 Å². The predicted molar refractivity (Wildman–Crippen MR) is 96.3 cm³/mol. The van der Waals surface area contributed by atoms with Crippen molar-refractivity contribution in [3.63, 3.8) is 0 Å². The molecule has 0 N–H and O–H groups in total. The Labute approximate surface area is 150 Å². The predicted octanol–water partition coefficient (Wildman–Crippen LogP) is 4.10. The number of aromatic nitrogens is 4. The van der Waals surface area contributed by atoms with E-state index in [0.717, 1.165) is 27.9 Å². The summed E-state index contributed by atoms with van der Waals surface area (Å²) < 4.78 is 7.45. The molecule has 0 amide bonds. The molecule has 3 aromatic rings. The van der Waals surface area contributed by atoms with Crippen molar-refractivity contribution in [2.75, 3.05) is 12.4 Å². The molecular weight excluding hydrogens is 344 g/mol. The van der Waals surface area contributed by atoms with E-state index in [9.17, 15) is 0 Å². The summed E-state index contributed by atoms with van der Waals surface area (Å²) in [5.74, 6) is 1.50. The maximum atomic E-state index is 5.94. The zero-order valence-corrected chi connectivity index (χ0v) is 15.0. The SMILES string of the molecule is Cc1ccc(-n2nnnc2SCCOc2cccc(Cl)c2)c(C)c1. The Bertz CT molecular complexity index is 837. The van der Waals surface area contributed by atoms with Crippen LogP contribution in [0, 0.1) is 13.8 Å². The summed E-state index contributed by atoms with van der Waals surface area (Å²) >= 11 is 7.49. The number of nitrogens with zero attached hydrogens (tertiary/aromatic N) is 4. The van der Waals surface area contributed by atoms with Crippen molar-refractivity contribution in [2.45, 2.75) is 19.0 Å². The fourth-order valence-electron chi connectivity index (χ4n) is 2.31. The van der Waals surface area contributed by atoms with E-state index in [4.69, 9.17) is 16.3 Å². The van der Waals surface area contributed by atoms with Crippen LogP contribution < -0.4 is 4.74 Å². The Morgan fingerprint density at radius 2 is 2.04 bits per heavy atom. The molecule has 3 rings (SSSR count). The molecule has 0 fully saturated rings. The minimum absolute atomic E-state index is 0.546. The number of tetrazole rings is 1. The zero-order valence-electron chi connectivity index (χ0n) is 13.4. The summed E-state index contributed by atoms with van der Waals surface area (Å²) in [6.07, 6.45) is 0. The van der Waals surface area contributed by atoms with Gasteiger partial charge >= 0.3 is 0 Å². The van der Waals surface area contributed by atoms with Crippen molar-refractivity contribution in [1.29, 1.82) is 0 Å². The van der Waals surface area contributed by atoms with Crippen LogP contribution in [-0.4, -0.2) is 32.6 Å². The zero-order chi connectivity index (χ0) is 16.9. The lowest BCUT2D eigenvalue weighted by molar-refractivity contribution is 0.344. The average molecular weight is 361 g/mol. The molecule has 124 valence electrons. The van der Waals surface area contributed by atoms with Gasteiger partial charge in [0.2, 0.25) is 5.16 Å². The van der Waals surface area contributed by atoms with Crippen LogP contribution in [0.5, 0.6) is 5.75 Å². The van der Waals surface area contributed by atoms with E-state index in [2.05, 4.69) is 41.5 Å². The highest BCUT2D eigenvalue weighted by Gasteiger charge is 2.11. The number of benzene rings is 2. The molecule has 24 heavy (non-hydrogen) atoms. The van der Waals surface area contributed by atoms with Crippen LogP contribution in [0.15, 0.2) is 47.6 Å². The Kier molecular flexibility index (Phi) is 5.37. The molecule has 1 heterocycles. The molecule has 1 aromatic heterocycles. The van der Waals surface area contributed by atoms with Crippen LogP contribution in [0.25, 0.3) is 5.69 Å². The molecule has 5 nitrogen and oxygen atoms in total. The van der Waals surface area contributed by atoms with Crippen molar-refractivity contribution in [2.24, 2.45) is 0 Å². The molecule has 0 saturated heterocycles. The van der Waals surface area contributed by atoms with Crippen molar-refractivity contribution in [3.8, 4) is 11.4 Å². The van der Waals surface area contributed by atoms with Gasteiger partial charge in [-0.15, -0.1) is 5.10 Å².